The summed E-state index contributed by atoms with van der Waals surface area (Å²) in [5.74, 6) is -13.5. The number of amides is 10. The molecule has 0 aromatic rings. The van der Waals surface area contributed by atoms with Gasteiger partial charge < -0.3 is 80.8 Å². The van der Waals surface area contributed by atoms with Gasteiger partial charge in [0.25, 0.3) is 0 Å². The molecule has 0 saturated carbocycles. The number of nitrogens with two attached hydrogens (primary N) is 4. The van der Waals surface area contributed by atoms with Crippen molar-refractivity contribution in [2.75, 3.05) is 13.1 Å². The highest BCUT2D eigenvalue weighted by Gasteiger charge is 2.35. The van der Waals surface area contributed by atoms with Crippen LogP contribution in [-0.4, -0.2) is 154 Å². The molecule has 0 spiro atoms. The Kier molecular flexibility index (Phi) is 28.5. The summed E-state index contributed by atoms with van der Waals surface area (Å²) in [4.78, 5) is 152. The average molecular weight is 973 g/mol. The molecule has 11 atom stereocenters. The summed E-state index contributed by atoms with van der Waals surface area (Å²) in [6, 6.07) is -11.9. The lowest BCUT2D eigenvalue weighted by Crippen LogP contribution is -2.60. The molecule has 0 saturated heterocycles. The third-order valence-corrected chi connectivity index (χ3v) is 10.8. The van der Waals surface area contributed by atoms with Gasteiger partial charge in [-0.1, -0.05) is 40.5 Å². The van der Waals surface area contributed by atoms with Crippen LogP contribution in [-0.2, 0) is 57.5 Å². The number of nitrogens with one attached hydrogen (secondary N) is 8. The molecule has 10 amide bonds. The monoisotopic (exact) mass is 973 g/mol. The normalized spacial score (nSPS) is 15.8. The van der Waals surface area contributed by atoms with Gasteiger partial charge >= 0.3 is 11.9 Å². The standard InChI is InChI=1S/C41H72N12O15/c1-7-19(3)31(45)39(65)50-25(13-15-28(44)56)37(63)53-33(22(6)54)40(66)47-21(5)34(60)46-18-29(57)48-23(11-9-10-16-42)35(61)49-24(12-14-27(43)55)36(62)51-26(17-30(58)59)38(64)52-32(41(67)68)20(4)8-2/h19-26,31-33,54H,7-18,42,45H2,1-6H3,(H2,43,55)(H2,44,56)(H,46,60)(H,47,66)(H,48,57)(H,49,61)(H,50,65)(H,51,62)(H,52,64)(H,53,63)(H,58,59)(H,67,68)/t19-,20-,21-,22+,23-,24-,25-,26-,31-,32-,33-/m0/s1. The second kappa shape index (κ2) is 31.5. The number of aliphatic hydroxyl groups is 1. The van der Waals surface area contributed by atoms with Crippen LogP contribution in [0.2, 0.25) is 0 Å². The molecule has 386 valence electrons. The molecular weight excluding hydrogens is 901 g/mol. The summed E-state index contributed by atoms with van der Waals surface area (Å²) in [5, 5.41) is 47.9. The highest BCUT2D eigenvalue weighted by molar-refractivity contribution is 5.98. The Labute approximate surface area is 393 Å². The number of carboxylic acids is 2. The maximum absolute atomic E-state index is 13.6. The van der Waals surface area contributed by atoms with E-state index in [-0.39, 0.29) is 38.1 Å². The number of carboxylic acid groups (broad SMARTS) is 2. The molecule has 27 heteroatoms. The molecule has 19 N–H and O–H groups in total. The van der Waals surface area contributed by atoms with E-state index >= 15 is 0 Å². The predicted molar refractivity (Wildman–Crippen MR) is 240 cm³/mol. The number of unbranched alkanes of at least 4 members (excludes halogenated alkanes) is 1. The third kappa shape index (κ3) is 23.3. The molecule has 0 rings (SSSR count). The van der Waals surface area contributed by atoms with Crippen LogP contribution in [0.25, 0.3) is 0 Å². The van der Waals surface area contributed by atoms with Crippen LogP contribution >= 0.6 is 0 Å². The Hall–Kier alpha value is -6.48. The summed E-state index contributed by atoms with van der Waals surface area (Å²) in [7, 11) is 0. The zero-order chi connectivity index (χ0) is 52.4. The number of aliphatic carboxylic acids is 2. The number of carbonyl (C=O) groups excluding carboxylic acids is 10. The number of rotatable bonds is 34. The summed E-state index contributed by atoms with van der Waals surface area (Å²) in [6.07, 6.45) is -2.69. The summed E-state index contributed by atoms with van der Waals surface area (Å²) in [5.41, 5.74) is 22.1. The molecule has 0 heterocycles. The van der Waals surface area contributed by atoms with E-state index in [1.165, 1.54) is 13.8 Å². The fourth-order valence-electron chi connectivity index (χ4n) is 6.11. The van der Waals surface area contributed by atoms with Crippen molar-refractivity contribution in [3.63, 3.8) is 0 Å². The van der Waals surface area contributed by atoms with Crippen molar-refractivity contribution < 1.29 is 72.9 Å². The molecule has 0 aliphatic carbocycles. The van der Waals surface area contributed by atoms with Gasteiger partial charge in [0.2, 0.25) is 59.1 Å². The molecule has 0 aliphatic heterocycles. The highest BCUT2D eigenvalue weighted by Crippen LogP contribution is 2.11. The molecule has 68 heavy (non-hydrogen) atoms. The topological polar surface area (TPSA) is 466 Å². The van der Waals surface area contributed by atoms with Crippen molar-refractivity contribution in [2.24, 2.45) is 34.8 Å². The maximum atomic E-state index is 13.6. The third-order valence-electron chi connectivity index (χ3n) is 10.8. The van der Waals surface area contributed by atoms with Crippen molar-refractivity contribution >= 4 is 71.0 Å². The highest BCUT2D eigenvalue weighted by atomic mass is 16.4. The van der Waals surface area contributed by atoms with Crippen LogP contribution in [0.1, 0.15) is 106 Å². The van der Waals surface area contributed by atoms with Crippen LogP contribution < -0.4 is 65.5 Å². The first kappa shape index (κ1) is 61.5. The predicted octanol–water partition coefficient (Wildman–Crippen LogP) is -5.46. The minimum Gasteiger partial charge on any atom is -0.481 e. The Bertz CT molecular complexity index is 1780. The lowest BCUT2D eigenvalue weighted by atomic mass is 9.98. The van der Waals surface area contributed by atoms with Crippen molar-refractivity contribution in [2.45, 2.75) is 160 Å². The number of hydrogen-bond donors (Lipinski definition) is 15. The molecular formula is C41H72N12O15. The number of hydrogen-bond acceptors (Lipinski definition) is 15. The van der Waals surface area contributed by atoms with Crippen LogP contribution in [0.3, 0.4) is 0 Å². The second-order valence-corrected chi connectivity index (χ2v) is 16.5. The van der Waals surface area contributed by atoms with Gasteiger partial charge in [-0.2, -0.15) is 0 Å². The van der Waals surface area contributed by atoms with Gasteiger partial charge in [-0.3, -0.25) is 52.7 Å². The Morgan fingerprint density at radius 3 is 1.44 bits per heavy atom. The summed E-state index contributed by atoms with van der Waals surface area (Å²) >= 11 is 0. The minimum atomic E-state index is -1.84. The fourth-order valence-corrected chi connectivity index (χ4v) is 6.11. The molecule has 27 nitrogen and oxygen atoms in total. The molecule has 0 radical (unpaired) electrons. The van der Waals surface area contributed by atoms with Crippen LogP contribution in [0.5, 0.6) is 0 Å². The van der Waals surface area contributed by atoms with Gasteiger partial charge in [-0.05, 0) is 64.3 Å². The Balaban J connectivity index is 6.04. The van der Waals surface area contributed by atoms with Crippen molar-refractivity contribution in [1.82, 2.24) is 42.5 Å². The van der Waals surface area contributed by atoms with Crippen molar-refractivity contribution in [3.8, 4) is 0 Å². The zero-order valence-electron chi connectivity index (χ0n) is 39.4. The van der Waals surface area contributed by atoms with E-state index in [0.29, 0.717) is 19.3 Å². The van der Waals surface area contributed by atoms with Crippen molar-refractivity contribution in [1.29, 1.82) is 0 Å². The average Bonchev–Trinajstić information content (AvgIpc) is 3.26. The van der Waals surface area contributed by atoms with Gasteiger partial charge in [-0.25, -0.2) is 4.79 Å². The van der Waals surface area contributed by atoms with E-state index in [2.05, 4.69) is 42.5 Å². The lowest BCUT2D eigenvalue weighted by molar-refractivity contribution is -0.145. The minimum absolute atomic E-state index is 0.0697. The molecule has 0 bridgehead atoms. The fraction of sp³-hybridized carbons (Fsp3) is 0.707. The van der Waals surface area contributed by atoms with E-state index in [1.807, 2.05) is 0 Å². The summed E-state index contributed by atoms with van der Waals surface area (Å²) in [6.45, 7) is 8.49. The van der Waals surface area contributed by atoms with Crippen LogP contribution in [0, 0.1) is 11.8 Å². The smallest absolute Gasteiger partial charge is 0.326 e. The van der Waals surface area contributed by atoms with Gasteiger partial charge in [0.1, 0.15) is 42.3 Å². The van der Waals surface area contributed by atoms with Crippen molar-refractivity contribution in [3.05, 3.63) is 0 Å². The molecule has 0 aromatic heterocycles. The van der Waals surface area contributed by atoms with E-state index < -0.39 is 157 Å². The van der Waals surface area contributed by atoms with Gasteiger partial charge in [0.15, 0.2) is 0 Å². The first-order valence-electron chi connectivity index (χ1n) is 22.2. The summed E-state index contributed by atoms with van der Waals surface area (Å²) < 4.78 is 0. The Morgan fingerprint density at radius 1 is 0.529 bits per heavy atom. The quantitative estimate of drug-likeness (QED) is 0.0268. The van der Waals surface area contributed by atoms with Crippen LogP contribution in [0.15, 0.2) is 0 Å². The second-order valence-electron chi connectivity index (χ2n) is 16.5. The van der Waals surface area contributed by atoms with Crippen LogP contribution in [0.4, 0.5) is 0 Å². The molecule has 0 fully saturated rings. The first-order chi connectivity index (χ1) is 31.7. The Morgan fingerprint density at radius 2 is 0.985 bits per heavy atom. The first-order valence-corrected chi connectivity index (χ1v) is 22.2. The van der Waals surface area contributed by atoms with E-state index in [4.69, 9.17) is 22.9 Å². The molecule has 0 unspecified atom stereocenters. The van der Waals surface area contributed by atoms with E-state index in [1.54, 1.807) is 20.8 Å². The van der Waals surface area contributed by atoms with Gasteiger partial charge in [0, 0.05) is 12.8 Å². The molecule has 0 aliphatic rings. The molecule has 0 aromatic carbocycles. The largest absolute Gasteiger partial charge is 0.481 e. The number of aliphatic hydroxyl groups excluding tert-OH is 1. The van der Waals surface area contributed by atoms with E-state index in [9.17, 15) is 72.9 Å². The van der Waals surface area contributed by atoms with E-state index in [0.717, 1.165) is 6.92 Å². The van der Waals surface area contributed by atoms with Gasteiger partial charge in [-0.15, -0.1) is 0 Å². The maximum Gasteiger partial charge on any atom is 0.326 e. The van der Waals surface area contributed by atoms with Gasteiger partial charge in [0.05, 0.1) is 25.1 Å². The zero-order valence-corrected chi connectivity index (χ0v) is 39.4. The number of carbonyl (C=O) groups is 12. The number of primary amides is 2. The lowest BCUT2D eigenvalue weighted by Gasteiger charge is -2.27. The SMILES string of the molecule is CC[C@H](C)[C@H](N)C(=O)N[C@@H](CCC(N)=O)C(=O)N[C@H](C(=O)N[C@@H](C)C(=O)NCC(=O)N[C@@H](CCCCN)C(=O)N[C@@H](CCC(N)=O)C(=O)N[C@@H](CC(=O)O)C(=O)N[C@H](C(=O)O)[C@@H](C)CC)[C@@H](C)O.